The van der Waals surface area contributed by atoms with Gasteiger partial charge in [0.25, 0.3) is 0 Å². The predicted octanol–water partition coefficient (Wildman–Crippen LogP) is 3.24. The van der Waals surface area contributed by atoms with Crippen LogP contribution in [-0.4, -0.2) is 30.3 Å². The monoisotopic (exact) mass is 243 g/mol. The third-order valence-corrected chi connectivity index (χ3v) is 2.88. The number of nitrogens with zero attached hydrogens (tertiary/aromatic N) is 1. The lowest BCUT2D eigenvalue weighted by molar-refractivity contribution is 0.0968. The first kappa shape index (κ1) is 14.4. The van der Waals surface area contributed by atoms with Crippen LogP contribution in [0.3, 0.4) is 0 Å². The average Bonchev–Trinajstić information content (AvgIpc) is 2.36. The summed E-state index contributed by atoms with van der Waals surface area (Å²) in [5.41, 5.74) is 1.87. The molecule has 1 aromatic rings. The number of carbonyl (C=O) groups is 1. The number of Topliss-reactive ketones (excluding diaryl/α,β-unsaturated/α-hetero) is 1. The van der Waals surface area contributed by atoms with Gasteiger partial charge < -0.3 is 0 Å². The minimum absolute atomic E-state index is 0.200. The SMILES string of the molecule is C=CCN(CC=C)CCC(=O)c1ccccc1C. The smallest absolute Gasteiger partial charge is 0.164 e. The first-order chi connectivity index (χ1) is 8.69. The van der Waals surface area contributed by atoms with Crippen molar-refractivity contribution in [2.45, 2.75) is 13.3 Å². The number of ketones is 1. The van der Waals surface area contributed by atoms with Gasteiger partial charge in [-0.15, -0.1) is 13.2 Å². The largest absolute Gasteiger partial charge is 0.296 e. The van der Waals surface area contributed by atoms with Crippen molar-refractivity contribution in [3.63, 3.8) is 0 Å². The molecule has 0 spiro atoms. The standard InChI is InChI=1S/C16H21NO/c1-4-11-17(12-5-2)13-10-16(18)15-9-7-6-8-14(15)3/h4-9H,1-2,10-13H2,3H3. The molecule has 0 N–H and O–H groups in total. The Morgan fingerprint density at radius 3 is 2.39 bits per heavy atom. The molecule has 0 saturated heterocycles. The van der Waals surface area contributed by atoms with Crippen LogP contribution < -0.4 is 0 Å². The molecule has 0 fully saturated rings. The third-order valence-electron chi connectivity index (χ3n) is 2.88. The maximum Gasteiger partial charge on any atom is 0.164 e. The third kappa shape index (κ3) is 4.30. The Hall–Kier alpha value is -1.67. The molecule has 0 aliphatic carbocycles. The summed E-state index contributed by atoms with van der Waals surface area (Å²) in [6, 6.07) is 7.72. The molecule has 0 aliphatic rings. The van der Waals surface area contributed by atoms with Crippen LogP contribution >= 0.6 is 0 Å². The van der Waals surface area contributed by atoms with E-state index in [0.717, 1.165) is 30.8 Å². The molecule has 2 heteroatoms. The second kappa shape index (κ2) is 7.62. The van der Waals surface area contributed by atoms with Gasteiger partial charge in [-0.05, 0) is 12.5 Å². The van der Waals surface area contributed by atoms with Crippen LogP contribution in [0.15, 0.2) is 49.6 Å². The summed E-state index contributed by atoms with van der Waals surface area (Å²) in [5.74, 6) is 0.200. The van der Waals surface area contributed by atoms with Crippen molar-refractivity contribution in [1.29, 1.82) is 0 Å². The van der Waals surface area contributed by atoms with E-state index in [1.165, 1.54) is 0 Å². The summed E-state index contributed by atoms with van der Waals surface area (Å²) in [6.07, 6.45) is 4.23. The van der Waals surface area contributed by atoms with E-state index in [4.69, 9.17) is 0 Å². The Balaban J connectivity index is 2.57. The summed E-state index contributed by atoms with van der Waals surface area (Å²) in [4.78, 5) is 14.2. The van der Waals surface area contributed by atoms with Crippen LogP contribution in [-0.2, 0) is 0 Å². The maximum atomic E-state index is 12.1. The molecule has 0 unspecified atom stereocenters. The Morgan fingerprint density at radius 1 is 1.22 bits per heavy atom. The highest BCUT2D eigenvalue weighted by atomic mass is 16.1. The Labute approximate surface area is 110 Å². The van der Waals surface area contributed by atoms with Crippen LogP contribution in [0.25, 0.3) is 0 Å². The summed E-state index contributed by atoms with van der Waals surface area (Å²) in [7, 11) is 0. The first-order valence-electron chi connectivity index (χ1n) is 6.22. The second-order valence-corrected chi connectivity index (χ2v) is 4.33. The van der Waals surface area contributed by atoms with Crippen molar-refractivity contribution in [2.24, 2.45) is 0 Å². The quantitative estimate of drug-likeness (QED) is 0.516. The van der Waals surface area contributed by atoms with Gasteiger partial charge in [0, 0.05) is 31.6 Å². The van der Waals surface area contributed by atoms with Crippen molar-refractivity contribution < 1.29 is 4.79 Å². The van der Waals surface area contributed by atoms with Crippen LogP contribution in [0.5, 0.6) is 0 Å². The number of hydrogen-bond donors (Lipinski definition) is 0. The van der Waals surface area contributed by atoms with Crippen LogP contribution in [0.4, 0.5) is 0 Å². The first-order valence-corrected chi connectivity index (χ1v) is 6.22. The zero-order chi connectivity index (χ0) is 13.4. The van der Waals surface area contributed by atoms with Crippen LogP contribution in [0, 0.1) is 6.92 Å². The average molecular weight is 243 g/mol. The van der Waals surface area contributed by atoms with E-state index in [1.807, 2.05) is 43.3 Å². The van der Waals surface area contributed by atoms with Gasteiger partial charge in [0.2, 0.25) is 0 Å². The molecule has 0 aromatic heterocycles. The van der Waals surface area contributed by atoms with E-state index in [0.29, 0.717) is 6.42 Å². The van der Waals surface area contributed by atoms with Crippen molar-refractivity contribution >= 4 is 5.78 Å². The Bertz CT molecular complexity index is 413. The van der Waals surface area contributed by atoms with Crippen molar-refractivity contribution in [3.8, 4) is 0 Å². The number of rotatable bonds is 8. The summed E-state index contributed by atoms with van der Waals surface area (Å²) in [5, 5.41) is 0. The number of aryl methyl sites for hydroxylation is 1. The summed E-state index contributed by atoms with van der Waals surface area (Å²) >= 11 is 0. The molecule has 0 amide bonds. The predicted molar refractivity (Wildman–Crippen MR) is 77.0 cm³/mol. The van der Waals surface area contributed by atoms with E-state index in [-0.39, 0.29) is 5.78 Å². The minimum atomic E-state index is 0.200. The molecule has 0 atom stereocenters. The second-order valence-electron chi connectivity index (χ2n) is 4.33. The number of benzene rings is 1. The van der Waals surface area contributed by atoms with Gasteiger partial charge in [-0.3, -0.25) is 9.69 Å². The fourth-order valence-electron chi connectivity index (χ4n) is 1.90. The van der Waals surface area contributed by atoms with Gasteiger partial charge in [0.15, 0.2) is 5.78 Å². The topological polar surface area (TPSA) is 20.3 Å². The van der Waals surface area contributed by atoms with E-state index in [2.05, 4.69) is 18.1 Å². The van der Waals surface area contributed by atoms with E-state index in [9.17, 15) is 4.79 Å². The molecular weight excluding hydrogens is 222 g/mol. The van der Waals surface area contributed by atoms with E-state index in [1.54, 1.807) is 0 Å². The highest BCUT2D eigenvalue weighted by molar-refractivity contribution is 5.97. The highest BCUT2D eigenvalue weighted by Gasteiger charge is 2.10. The fourth-order valence-corrected chi connectivity index (χ4v) is 1.90. The molecular formula is C16H21NO. The van der Waals surface area contributed by atoms with Gasteiger partial charge in [-0.1, -0.05) is 36.4 Å². The molecule has 0 radical (unpaired) electrons. The fraction of sp³-hybridized carbons (Fsp3) is 0.312. The highest BCUT2D eigenvalue weighted by Crippen LogP contribution is 2.10. The number of carbonyl (C=O) groups excluding carboxylic acids is 1. The van der Waals surface area contributed by atoms with Crippen molar-refractivity contribution in [3.05, 3.63) is 60.7 Å². The van der Waals surface area contributed by atoms with Gasteiger partial charge >= 0.3 is 0 Å². The summed E-state index contributed by atoms with van der Waals surface area (Å²) in [6.45, 7) is 11.7. The Morgan fingerprint density at radius 2 is 1.83 bits per heavy atom. The van der Waals surface area contributed by atoms with Gasteiger partial charge in [0.05, 0.1) is 0 Å². The van der Waals surface area contributed by atoms with Crippen molar-refractivity contribution in [1.82, 2.24) is 4.90 Å². The maximum absolute atomic E-state index is 12.1. The van der Waals surface area contributed by atoms with Gasteiger partial charge in [-0.25, -0.2) is 0 Å². The Kier molecular flexibility index (Phi) is 6.09. The lowest BCUT2D eigenvalue weighted by atomic mass is 10.0. The molecule has 1 rings (SSSR count). The molecule has 18 heavy (non-hydrogen) atoms. The zero-order valence-corrected chi connectivity index (χ0v) is 11.1. The molecule has 0 saturated carbocycles. The molecule has 1 aromatic carbocycles. The van der Waals surface area contributed by atoms with E-state index >= 15 is 0 Å². The van der Waals surface area contributed by atoms with E-state index < -0.39 is 0 Å². The normalized spacial score (nSPS) is 10.3. The van der Waals surface area contributed by atoms with Gasteiger partial charge in [-0.2, -0.15) is 0 Å². The lowest BCUT2D eigenvalue weighted by Crippen LogP contribution is -2.26. The molecule has 2 nitrogen and oxygen atoms in total. The number of hydrogen-bond acceptors (Lipinski definition) is 2. The van der Waals surface area contributed by atoms with Crippen LogP contribution in [0.1, 0.15) is 22.3 Å². The minimum Gasteiger partial charge on any atom is -0.296 e. The lowest BCUT2D eigenvalue weighted by Gasteiger charge is -2.18. The van der Waals surface area contributed by atoms with Gasteiger partial charge in [0.1, 0.15) is 0 Å². The molecule has 96 valence electrons. The molecule has 0 heterocycles. The van der Waals surface area contributed by atoms with Crippen molar-refractivity contribution in [2.75, 3.05) is 19.6 Å². The van der Waals surface area contributed by atoms with Crippen LogP contribution in [0.2, 0.25) is 0 Å². The zero-order valence-electron chi connectivity index (χ0n) is 11.1. The summed E-state index contributed by atoms with van der Waals surface area (Å²) < 4.78 is 0. The molecule has 0 aliphatic heterocycles. The molecule has 0 bridgehead atoms.